The lowest BCUT2D eigenvalue weighted by atomic mass is 9.86. The minimum absolute atomic E-state index is 0.0655. The second kappa shape index (κ2) is 12.2. The van der Waals surface area contributed by atoms with Crippen LogP contribution in [0.4, 0.5) is 0 Å². The van der Waals surface area contributed by atoms with Gasteiger partial charge in [-0.15, -0.1) is 10.2 Å². The second-order valence-corrected chi connectivity index (χ2v) is 10.6. The maximum Gasteiger partial charge on any atom is 0.354 e. The number of carboxylic acid groups (broad SMARTS) is 1. The molecule has 2 N–H and O–H groups in total. The highest BCUT2D eigenvalue weighted by Gasteiger charge is 2.37. The highest BCUT2D eigenvalue weighted by Crippen LogP contribution is 2.34. The zero-order valence-electron chi connectivity index (χ0n) is 22.5. The molecule has 9 heteroatoms. The summed E-state index contributed by atoms with van der Waals surface area (Å²) in [6.07, 6.45) is 8.55. The number of carbonyl (C=O) groups excluding carboxylic acids is 1. The number of aromatic nitrogens is 4. The van der Waals surface area contributed by atoms with Crippen LogP contribution in [0.3, 0.4) is 0 Å². The first-order valence-electron chi connectivity index (χ1n) is 14.0. The second-order valence-electron chi connectivity index (χ2n) is 10.6. The van der Waals surface area contributed by atoms with E-state index in [2.05, 4.69) is 56.7 Å². The van der Waals surface area contributed by atoms with Gasteiger partial charge in [0.25, 0.3) is 0 Å². The molecule has 0 spiro atoms. The van der Waals surface area contributed by atoms with Gasteiger partial charge >= 0.3 is 5.97 Å². The minimum atomic E-state index is -1.02. The molecular weight excluding hydrogens is 492 g/mol. The van der Waals surface area contributed by atoms with Crippen molar-refractivity contribution in [3.63, 3.8) is 0 Å². The number of aromatic amines is 1. The topological polar surface area (TPSA) is 115 Å². The van der Waals surface area contributed by atoms with Crippen molar-refractivity contribution in [3.05, 3.63) is 65.5 Å². The van der Waals surface area contributed by atoms with E-state index in [1.54, 1.807) is 0 Å². The molecular formula is C30H36N6O3. The number of nitrogens with zero attached hydrogens (tertiary/aromatic N) is 5. The Morgan fingerprint density at radius 2 is 1.77 bits per heavy atom. The van der Waals surface area contributed by atoms with Crippen LogP contribution in [0.25, 0.3) is 22.5 Å². The lowest BCUT2D eigenvalue weighted by Gasteiger charge is -2.26. The number of aliphatic carboxylic acids is 1. The first kappa shape index (κ1) is 26.6. The SMILES string of the molecule is CCCCC1=C(C(=O)O)N(C(=O)CC2CCCCC2)CN1Cc1ccc(-c2ccccc2-c2nn[nH]n2)cc1. The van der Waals surface area contributed by atoms with E-state index in [1.165, 1.54) is 11.3 Å². The third-order valence-corrected chi connectivity index (χ3v) is 7.85. The maximum atomic E-state index is 13.4. The number of allylic oxidation sites excluding steroid dienone is 1. The Morgan fingerprint density at radius 3 is 2.44 bits per heavy atom. The first-order chi connectivity index (χ1) is 19.0. The molecule has 1 aromatic heterocycles. The van der Waals surface area contributed by atoms with Crippen LogP contribution in [-0.4, -0.2) is 54.1 Å². The van der Waals surface area contributed by atoms with Crippen molar-refractivity contribution >= 4 is 11.9 Å². The third kappa shape index (κ3) is 6.02. The van der Waals surface area contributed by atoms with E-state index in [4.69, 9.17) is 0 Å². The lowest BCUT2D eigenvalue weighted by Crippen LogP contribution is -2.35. The van der Waals surface area contributed by atoms with Gasteiger partial charge in [-0.25, -0.2) is 4.79 Å². The van der Waals surface area contributed by atoms with Crippen LogP contribution in [0, 0.1) is 5.92 Å². The molecule has 1 aliphatic heterocycles. The van der Waals surface area contributed by atoms with E-state index in [-0.39, 0.29) is 18.3 Å². The summed E-state index contributed by atoms with van der Waals surface area (Å²) in [5.41, 5.74) is 4.89. The molecule has 2 aromatic carbocycles. The number of hydrogen-bond donors (Lipinski definition) is 2. The average molecular weight is 529 g/mol. The van der Waals surface area contributed by atoms with Gasteiger partial charge in [0.15, 0.2) is 5.70 Å². The number of unbranched alkanes of at least 4 members (excludes halogenated alkanes) is 1. The monoisotopic (exact) mass is 528 g/mol. The molecule has 2 heterocycles. The van der Waals surface area contributed by atoms with Crippen molar-refractivity contribution in [2.45, 2.75) is 71.3 Å². The molecule has 0 atom stereocenters. The van der Waals surface area contributed by atoms with E-state index >= 15 is 0 Å². The standard InChI is InChI=1S/C30H36N6O3/c1-2-3-13-26-28(30(38)39)36(27(37)18-21-9-5-4-6-10-21)20-35(26)19-22-14-16-23(17-15-22)24-11-7-8-12-25(24)29-31-33-34-32-29/h7-8,11-12,14-17,21H,2-6,9-10,13,18-20H2,1H3,(H,38,39)(H,31,32,33,34). The third-order valence-electron chi connectivity index (χ3n) is 7.85. The summed E-state index contributed by atoms with van der Waals surface area (Å²) in [5, 5.41) is 24.6. The van der Waals surface area contributed by atoms with E-state index in [1.807, 2.05) is 24.3 Å². The number of rotatable bonds is 10. The summed E-state index contributed by atoms with van der Waals surface area (Å²) >= 11 is 0. The smallest absolute Gasteiger partial charge is 0.354 e. The molecule has 0 saturated heterocycles. The van der Waals surface area contributed by atoms with Crippen LogP contribution in [0.2, 0.25) is 0 Å². The highest BCUT2D eigenvalue weighted by atomic mass is 16.4. The van der Waals surface area contributed by atoms with Crippen molar-refractivity contribution in [3.8, 4) is 22.5 Å². The number of nitrogens with one attached hydrogen (secondary N) is 1. The van der Waals surface area contributed by atoms with Crippen LogP contribution in [0.15, 0.2) is 59.9 Å². The van der Waals surface area contributed by atoms with E-state index in [0.29, 0.717) is 31.1 Å². The van der Waals surface area contributed by atoms with Gasteiger partial charge in [0.2, 0.25) is 11.7 Å². The first-order valence-corrected chi connectivity index (χ1v) is 14.0. The van der Waals surface area contributed by atoms with Gasteiger partial charge in [0, 0.05) is 24.2 Å². The lowest BCUT2D eigenvalue weighted by molar-refractivity contribution is -0.140. The van der Waals surface area contributed by atoms with Gasteiger partial charge in [0.05, 0.1) is 6.67 Å². The largest absolute Gasteiger partial charge is 0.477 e. The Bertz CT molecular complexity index is 1310. The molecule has 204 valence electrons. The number of benzene rings is 2. The Kier molecular flexibility index (Phi) is 8.34. The van der Waals surface area contributed by atoms with Gasteiger partial charge in [-0.2, -0.15) is 5.21 Å². The molecule has 3 aromatic rings. The molecule has 1 aliphatic carbocycles. The fraction of sp³-hybridized carbons (Fsp3) is 0.433. The molecule has 0 radical (unpaired) electrons. The minimum Gasteiger partial charge on any atom is -0.477 e. The van der Waals surface area contributed by atoms with Crippen molar-refractivity contribution in [2.24, 2.45) is 5.92 Å². The Morgan fingerprint density at radius 1 is 1.03 bits per heavy atom. The van der Waals surface area contributed by atoms with Crippen molar-refractivity contribution in [1.29, 1.82) is 0 Å². The summed E-state index contributed by atoms with van der Waals surface area (Å²) in [6, 6.07) is 16.2. The molecule has 9 nitrogen and oxygen atoms in total. The van der Waals surface area contributed by atoms with Gasteiger partial charge in [-0.05, 0) is 53.5 Å². The molecule has 5 rings (SSSR count). The summed E-state index contributed by atoms with van der Waals surface area (Å²) in [6.45, 7) is 2.92. The van der Waals surface area contributed by atoms with Crippen LogP contribution in [0.1, 0.15) is 70.3 Å². The van der Waals surface area contributed by atoms with Crippen molar-refractivity contribution in [2.75, 3.05) is 6.67 Å². The van der Waals surface area contributed by atoms with E-state index in [9.17, 15) is 14.7 Å². The zero-order chi connectivity index (χ0) is 27.2. The summed E-state index contributed by atoms with van der Waals surface area (Å²) in [7, 11) is 0. The van der Waals surface area contributed by atoms with Crippen LogP contribution < -0.4 is 0 Å². The zero-order valence-corrected chi connectivity index (χ0v) is 22.5. The van der Waals surface area contributed by atoms with Crippen molar-refractivity contribution < 1.29 is 14.7 Å². The molecule has 1 fully saturated rings. The average Bonchev–Trinajstić information content (AvgIpc) is 3.62. The number of tetrazole rings is 1. The fourth-order valence-electron chi connectivity index (χ4n) is 5.81. The predicted molar refractivity (Wildman–Crippen MR) is 148 cm³/mol. The molecule has 39 heavy (non-hydrogen) atoms. The Balaban J connectivity index is 1.36. The van der Waals surface area contributed by atoms with Gasteiger partial charge < -0.3 is 10.0 Å². The number of carboxylic acids is 1. The Labute approximate surface area is 228 Å². The predicted octanol–water partition coefficient (Wildman–Crippen LogP) is 5.59. The molecule has 2 aliphatic rings. The summed E-state index contributed by atoms with van der Waals surface area (Å²) in [4.78, 5) is 29.4. The van der Waals surface area contributed by atoms with Gasteiger partial charge in [-0.1, -0.05) is 81.1 Å². The quantitative estimate of drug-likeness (QED) is 0.352. The van der Waals surface area contributed by atoms with Gasteiger partial charge in [0.1, 0.15) is 0 Å². The summed E-state index contributed by atoms with van der Waals surface area (Å²) < 4.78 is 0. The van der Waals surface area contributed by atoms with Crippen LogP contribution >= 0.6 is 0 Å². The van der Waals surface area contributed by atoms with Crippen LogP contribution in [-0.2, 0) is 16.1 Å². The number of amides is 1. The van der Waals surface area contributed by atoms with Crippen molar-refractivity contribution in [1.82, 2.24) is 30.4 Å². The fourth-order valence-corrected chi connectivity index (χ4v) is 5.81. The summed E-state index contributed by atoms with van der Waals surface area (Å²) in [5.74, 6) is -0.188. The molecule has 1 amide bonds. The molecule has 1 saturated carbocycles. The number of carbonyl (C=O) groups is 2. The molecule has 0 bridgehead atoms. The normalized spacial score (nSPS) is 16.2. The Hall–Kier alpha value is -4.01. The highest BCUT2D eigenvalue weighted by molar-refractivity contribution is 5.94. The van der Waals surface area contributed by atoms with Crippen LogP contribution in [0.5, 0.6) is 0 Å². The molecule has 0 unspecified atom stereocenters. The van der Waals surface area contributed by atoms with Gasteiger partial charge in [-0.3, -0.25) is 9.69 Å². The van der Waals surface area contributed by atoms with E-state index < -0.39 is 5.97 Å². The number of H-pyrrole nitrogens is 1. The number of hydrogen-bond acceptors (Lipinski definition) is 6. The van der Waals surface area contributed by atoms with E-state index in [0.717, 1.165) is 66.5 Å². The maximum absolute atomic E-state index is 13.4.